The van der Waals surface area contributed by atoms with Crippen LogP contribution in [0.5, 0.6) is 0 Å². The summed E-state index contributed by atoms with van der Waals surface area (Å²) in [5, 5.41) is 0.530. The Morgan fingerprint density at radius 3 is 2.13 bits per heavy atom. The number of fused-ring (bicyclic) bond motifs is 1. The second-order valence-corrected chi connectivity index (χ2v) is 6.06. The SMILES string of the molecule is Cc1ccc(SCC(=O)ON2C(=O)c3ccccc3C2=O)cc1. The van der Waals surface area contributed by atoms with Gasteiger partial charge in [0.2, 0.25) is 0 Å². The predicted molar refractivity (Wildman–Crippen MR) is 84.9 cm³/mol. The highest BCUT2D eigenvalue weighted by molar-refractivity contribution is 8.00. The molecule has 5 nitrogen and oxygen atoms in total. The zero-order chi connectivity index (χ0) is 16.4. The topological polar surface area (TPSA) is 63.7 Å². The maximum Gasteiger partial charge on any atom is 0.343 e. The van der Waals surface area contributed by atoms with Crippen LogP contribution in [0.4, 0.5) is 0 Å². The van der Waals surface area contributed by atoms with Crippen LogP contribution >= 0.6 is 11.8 Å². The third-order valence-electron chi connectivity index (χ3n) is 3.33. The molecule has 0 unspecified atom stereocenters. The van der Waals surface area contributed by atoms with Crippen LogP contribution in [0.3, 0.4) is 0 Å². The minimum Gasteiger partial charge on any atom is -0.329 e. The highest BCUT2D eigenvalue weighted by Crippen LogP contribution is 2.24. The third-order valence-corrected chi connectivity index (χ3v) is 4.31. The molecule has 1 aliphatic rings. The second-order valence-electron chi connectivity index (χ2n) is 5.02. The number of benzene rings is 2. The molecule has 116 valence electrons. The van der Waals surface area contributed by atoms with E-state index in [2.05, 4.69) is 0 Å². The van der Waals surface area contributed by atoms with Crippen molar-refractivity contribution >= 4 is 29.5 Å². The van der Waals surface area contributed by atoms with Crippen molar-refractivity contribution in [2.24, 2.45) is 0 Å². The van der Waals surface area contributed by atoms with Crippen LogP contribution < -0.4 is 0 Å². The predicted octanol–water partition coefficient (Wildman–Crippen LogP) is 2.84. The number of carbonyl (C=O) groups is 3. The Kier molecular flexibility index (Phi) is 4.16. The molecule has 0 fully saturated rings. The first-order chi connectivity index (χ1) is 11.1. The summed E-state index contributed by atoms with van der Waals surface area (Å²) in [5.41, 5.74) is 1.62. The molecule has 6 heteroatoms. The molecule has 0 saturated heterocycles. The average molecular weight is 327 g/mol. The molecule has 0 saturated carbocycles. The van der Waals surface area contributed by atoms with Crippen molar-refractivity contribution in [3.05, 3.63) is 65.2 Å². The Hall–Kier alpha value is -2.60. The molecule has 0 aliphatic carbocycles. The molecule has 0 aromatic heterocycles. The highest BCUT2D eigenvalue weighted by atomic mass is 32.2. The van der Waals surface area contributed by atoms with Gasteiger partial charge in [-0.15, -0.1) is 11.8 Å². The van der Waals surface area contributed by atoms with E-state index in [0.717, 1.165) is 10.5 Å². The quantitative estimate of drug-likeness (QED) is 0.638. The fourth-order valence-corrected chi connectivity index (χ4v) is 2.82. The van der Waals surface area contributed by atoms with Crippen molar-refractivity contribution in [1.82, 2.24) is 5.06 Å². The summed E-state index contributed by atoms with van der Waals surface area (Å²) >= 11 is 1.28. The van der Waals surface area contributed by atoms with Crippen LogP contribution in [0.15, 0.2) is 53.4 Å². The number of imide groups is 1. The number of hydrogen-bond acceptors (Lipinski definition) is 5. The summed E-state index contributed by atoms with van der Waals surface area (Å²) in [6.07, 6.45) is 0. The van der Waals surface area contributed by atoms with E-state index < -0.39 is 17.8 Å². The summed E-state index contributed by atoms with van der Waals surface area (Å²) in [6, 6.07) is 14.1. The minimum atomic E-state index is -0.648. The lowest BCUT2D eigenvalue weighted by Crippen LogP contribution is -2.33. The van der Waals surface area contributed by atoms with Gasteiger partial charge in [0, 0.05) is 4.90 Å². The van der Waals surface area contributed by atoms with Gasteiger partial charge < -0.3 is 4.84 Å². The number of nitrogens with zero attached hydrogens (tertiary/aromatic N) is 1. The molecule has 0 atom stereocenters. The number of hydroxylamine groups is 2. The second kappa shape index (κ2) is 6.26. The number of carbonyl (C=O) groups excluding carboxylic acids is 3. The van der Waals surface area contributed by atoms with E-state index in [-0.39, 0.29) is 16.9 Å². The summed E-state index contributed by atoms with van der Waals surface area (Å²) in [6.45, 7) is 1.98. The van der Waals surface area contributed by atoms with Crippen LogP contribution in [-0.2, 0) is 9.63 Å². The smallest absolute Gasteiger partial charge is 0.329 e. The van der Waals surface area contributed by atoms with Gasteiger partial charge in [0.05, 0.1) is 16.9 Å². The molecular weight excluding hydrogens is 314 g/mol. The Morgan fingerprint density at radius 2 is 1.57 bits per heavy atom. The first-order valence-electron chi connectivity index (χ1n) is 6.94. The van der Waals surface area contributed by atoms with Gasteiger partial charge in [-0.2, -0.15) is 0 Å². The molecule has 0 spiro atoms. The zero-order valence-corrected chi connectivity index (χ0v) is 13.1. The Morgan fingerprint density at radius 1 is 1.00 bits per heavy atom. The summed E-state index contributed by atoms with van der Waals surface area (Å²) in [4.78, 5) is 41.9. The number of amides is 2. The Bertz CT molecular complexity index is 750. The largest absolute Gasteiger partial charge is 0.343 e. The van der Waals surface area contributed by atoms with Crippen molar-refractivity contribution in [1.29, 1.82) is 0 Å². The minimum absolute atomic E-state index is 0.0104. The van der Waals surface area contributed by atoms with E-state index in [1.54, 1.807) is 12.1 Å². The normalized spacial score (nSPS) is 13.2. The van der Waals surface area contributed by atoms with Crippen molar-refractivity contribution in [3.8, 4) is 0 Å². The molecule has 0 bridgehead atoms. The lowest BCUT2D eigenvalue weighted by Gasteiger charge is -2.12. The summed E-state index contributed by atoms with van der Waals surface area (Å²) < 4.78 is 0. The van der Waals surface area contributed by atoms with Gasteiger partial charge in [0.25, 0.3) is 11.8 Å². The summed E-state index contributed by atoms with van der Waals surface area (Å²) in [7, 11) is 0. The molecule has 0 N–H and O–H groups in total. The molecule has 3 rings (SSSR count). The van der Waals surface area contributed by atoms with Crippen LogP contribution in [0, 0.1) is 6.92 Å². The van der Waals surface area contributed by atoms with Crippen molar-refractivity contribution in [2.75, 3.05) is 5.75 Å². The van der Waals surface area contributed by atoms with Gasteiger partial charge in [0.1, 0.15) is 0 Å². The van der Waals surface area contributed by atoms with Crippen molar-refractivity contribution in [3.63, 3.8) is 0 Å². The highest BCUT2D eigenvalue weighted by Gasteiger charge is 2.38. The average Bonchev–Trinajstić information content (AvgIpc) is 2.80. The van der Waals surface area contributed by atoms with Gasteiger partial charge in [-0.1, -0.05) is 34.9 Å². The molecule has 23 heavy (non-hydrogen) atoms. The number of thioether (sulfide) groups is 1. The van der Waals surface area contributed by atoms with E-state index in [9.17, 15) is 14.4 Å². The van der Waals surface area contributed by atoms with Gasteiger partial charge in [-0.05, 0) is 31.2 Å². The van der Waals surface area contributed by atoms with Gasteiger partial charge >= 0.3 is 5.97 Å². The molecule has 1 heterocycles. The fraction of sp³-hybridized carbons (Fsp3) is 0.118. The number of rotatable bonds is 4. The maximum atomic E-state index is 12.1. The van der Waals surface area contributed by atoms with E-state index in [0.29, 0.717) is 5.06 Å². The molecule has 2 amide bonds. The van der Waals surface area contributed by atoms with E-state index in [1.807, 2.05) is 31.2 Å². The third kappa shape index (κ3) is 3.12. The molecule has 2 aromatic rings. The fourth-order valence-electron chi connectivity index (χ4n) is 2.15. The first kappa shape index (κ1) is 15.3. The van der Waals surface area contributed by atoms with Crippen LogP contribution in [0.2, 0.25) is 0 Å². The van der Waals surface area contributed by atoms with Gasteiger partial charge in [-0.25, -0.2) is 4.79 Å². The van der Waals surface area contributed by atoms with E-state index >= 15 is 0 Å². The first-order valence-corrected chi connectivity index (χ1v) is 7.93. The number of aryl methyl sites for hydroxylation is 1. The molecular formula is C17H13NO4S. The Labute approximate surface area is 137 Å². The van der Waals surface area contributed by atoms with Crippen LogP contribution in [-0.4, -0.2) is 28.6 Å². The Balaban J connectivity index is 1.62. The van der Waals surface area contributed by atoms with Crippen LogP contribution in [0.1, 0.15) is 26.3 Å². The van der Waals surface area contributed by atoms with Crippen molar-refractivity contribution in [2.45, 2.75) is 11.8 Å². The maximum absolute atomic E-state index is 12.1. The molecule has 2 aromatic carbocycles. The van der Waals surface area contributed by atoms with Gasteiger partial charge in [0.15, 0.2) is 0 Å². The van der Waals surface area contributed by atoms with Crippen molar-refractivity contribution < 1.29 is 19.2 Å². The molecule has 0 radical (unpaired) electrons. The van der Waals surface area contributed by atoms with E-state index in [1.165, 1.54) is 23.9 Å². The van der Waals surface area contributed by atoms with Crippen LogP contribution in [0.25, 0.3) is 0 Å². The van der Waals surface area contributed by atoms with E-state index in [4.69, 9.17) is 4.84 Å². The lowest BCUT2D eigenvalue weighted by atomic mass is 10.1. The van der Waals surface area contributed by atoms with Gasteiger partial charge in [-0.3, -0.25) is 9.59 Å². The summed E-state index contributed by atoms with van der Waals surface area (Å²) in [5.74, 6) is -1.86. The molecule has 1 aliphatic heterocycles. The standard InChI is InChI=1S/C17H13NO4S/c1-11-6-8-12(9-7-11)23-10-15(19)22-18-16(20)13-4-2-3-5-14(13)17(18)21/h2-9H,10H2,1H3. The monoisotopic (exact) mass is 327 g/mol. The number of hydrogen-bond donors (Lipinski definition) is 0. The zero-order valence-electron chi connectivity index (χ0n) is 12.3. The lowest BCUT2D eigenvalue weighted by molar-refractivity contribution is -0.165.